The van der Waals surface area contributed by atoms with E-state index in [1.807, 2.05) is 0 Å². The molecule has 1 N–H and O–H groups in total. The van der Waals surface area contributed by atoms with E-state index in [0.29, 0.717) is 5.56 Å². The molecule has 0 saturated carbocycles. The summed E-state index contributed by atoms with van der Waals surface area (Å²) in [4.78, 5) is 0. The summed E-state index contributed by atoms with van der Waals surface area (Å²) in [5, 5.41) is 0. The van der Waals surface area contributed by atoms with Gasteiger partial charge < -0.3 is 4.74 Å². The van der Waals surface area contributed by atoms with Crippen LogP contribution in [0.1, 0.15) is 5.56 Å². The fourth-order valence-corrected chi connectivity index (χ4v) is 0.886. The number of rotatable bonds is 3. The lowest BCUT2D eigenvalue weighted by Gasteiger charge is -2.08. The Bertz CT molecular complexity index is 282. The van der Waals surface area contributed by atoms with Crippen molar-refractivity contribution in [2.75, 3.05) is 0 Å². The Hall–Kier alpha value is -1.30. The molecule has 2 nitrogen and oxygen atoms in total. The molecular formula is C8H7F4NO. The number of nitrogens with one attached hydrogen (secondary N) is 1. The van der Waals surface area contributed by atoms with Gasteiger partial charge in [-0.05, 0) is 17.7 Å². The van der Waals surface area contributed by atoms with Crippen molar-refractivity contribution in [2.24, 2.45) is 0 Å². The second kappa shape index (κ2) is 4.28. The Morgan fingerprint density at radius 1 is 1.14 bits per heavy atom. The van der Waals surface area contributed by atoms with Gasteiger partial charge in [0.15, 0.2) is 0 Å². The molecule has 0 saturated heterocycles. The molecule has 1 rings (SSSR count). The molecule has 0 atom stereocenters. The standard InChI is InChI=1S/C8H7F4NO/c9-8(10,11)14-7-3-1-6(2-4-7)5-13-12/h1-4,13H,5H2. The average molecular weight is 209 g/mol. The van der Waals surface area contributed by atoms with Crippen LogP contribution in [-0.2, 0) is 6.54 Å². The largest absolute Gasteiger partial charge is 0.573 e. The van der Waals surface area contributed by atoms with Crippen LogP contribution in [0.15, 0.2) is 24.3 Å². The summed E-state index contributed by atoms with van der Waals surface area (Å²) < 4.78 is 50.3. The zero-order valence-corrected chi connectivity index (χ0v) is 6.94. The third-order valence-electron chi connectivity index (χ3n) is 1.43. The van der Waals surface area contributed by atoms with E-state index in [4.69, 9.17) is 0 Å². The molecule has 14 heavy (non-hydrogen) atoms. The predicted molar refractivity (Wildman–Crippen MR) is 41.1 cm³/mol. The summed E-state index contributed by atoms with van der Waals surface area (Å²) in [5.74, 6) is -0.319. The third-order valence-corrected chi connectivity index (χ3v) is 1.43. The zero-order valence-electron chi connectivity index (χ0n) is 6.94. The normalized spacial score (nSPS) is 11.4. The Kier molecular flexibility index (Phi) is 3.29. The first-order valence-corrected chi connectivity index (χ1v) is 3.69. The monoisotopic (exact) mass is 209 g/mol. The highest BCUT2D eigenvalue weighted by atomic mass is 19.4. The Morgan fingerprint density at radius 3 is 2.14 bits per heavy atom. The summed E-state index contributed by atoms with van der Waals surface area (Å²) in [6, 6.07) is 4.93. The van der Waals surface area contributed by atoms with Gasteiger partial charge in [0.1, 0.15) is 5.75 Å². The molecule has 0 radical (unpaired) electrons. The van der Waals surface area contributed by atoms with Crippen molar-refractivity contribution in [2.45, 2.75) is 12.9 Å². The molecule has 0 fully saturated rings. The van der Waals surface area contributed by atoms with Gasteiger partial charge in [-0.15, -0.1) is 17.7 Å². The lowest BCUT2D eigenvalue weighted by molar-refractivity contribution is -0.274. The summed E-state index contributed by atoms with van der Waals surface area (Å²) in [7, 11) is 0. The molecule has 0 amide bonds. The third kappa shape index (κ3) is 3.61. The summed E-state index contributed by atoms with van der Waals surface area (Å²) in [5.41, 5.74) is 1.92. The van der Waals surface area contributed by atoms with E-state index in [0.717, 1.165) is 12.1 Å². The second-order valence-corrected chi connectivity index (χ2v) is 2.50. The molecule has 0 aliphatic rings. The van der Waals surface area contributed by atoms with E-state index in [-0.39, 0.29) is 12.3 Å². The van der Waals surface area contributed by atoms with Gasteiger partial charge in [-0.1, -0.05) is 12.1 Å². The van der Waals surface area contributed by atoms with E-state index < -0.39 is 6.36 Å². The van der Waals surface area contributed by atoms with Crippen LogP contribution < -0.4 is 10.3 Å². The predicted octanol–water partition coefficient (Wildman–Crippen LogP) is 2.56. The Morgan fingerprint density at radius 2 is 1.71 bits per heavy atom. The number of benzene rings is 1. The van der Waals surface area contributed by atoms with Crippen LogP contribution in [0.25, 0.3) is 0 Å². The molecule has 0 spiro atoms. The number of alkyl halides is 3. The molecule has 78 valence electrons. The van der Waals surface area contributed by atoms with Crippen LogP contribution in [0.2, 0.25) is 0 Å². The van der Waals surface area contributed by atoms with Gasteiger partial charge in [0.2, 0.25) is 0 Å². The Balaban J connectivity index is 2.64. The average Bonchev–Trinajstić information content (AvgIpc) is 2.06. The first-order chi connectivity index (χ1) is 6.51. The van der Waals surface area contributed by atoms with Crippen LogP contribution in [0.5, 0.6) is 5.75 Å². The maximum absolute atomic E-state index is 11.7. The minimum Gasteiger partial charge on any atom is -0.406 e. The maximum atomic E-state index is 11.7. The SMILES string of the molecule is FNCc1ccc(OC(F)(F)F)cc1. The molecule has 0 heterocycles. The van der Waals surface area contributed by atoms with Crippen LogP contribution >= 0.6 is 0 Å². The number of hydrogen-bond acceptors (Lipinski definition) is 2. The smallest absolute Gasteiger partial charge is 0.406 e. The van der Waals surface area contributed by atoms with E-state index in [9.17, 15) is 17.7 Å². The van der Waals surface area contributed by atoms with Gasteiger partial charge in [0, 0.05) is 0 Å². The van der Waals surface area contributed by atoms with E-state index in [2.05, 4.69) is 4.74 Å². The van der Waals surface area contributed by atoms with Gasteiger partial charge in [0.25, 0.3) is 0 Å². The van der Waals surface area contributed by atoms with Crippen molar-refractivity contribution in [1.29, 1.82) is 0 Å². The molecule has 0 aromatic heterocycles. The molecular weight excluding hydrogens is 202 g/mol. The van der Waals surface area contributed by atoms with Gasteiger partial charge in [-0.2, -0.15) is 5.54 Å². The van der Waals surface area contributed by atoms with Crippen molar-refractivity contribution >= 4 is 0 Å². The zero-order chi connectivity index (χ0) is 10.6. The lowest BCUT2D eigenvalue weighted by Crippen LogP contribution is -2.17. The molecule has 0 aliphatic carbocycles. The number of halogens is 4. The van der Waals surface area contributed by atoms with Crippen molar-refractivity contribution in [3.05, 3.63) is 29.8 Å². The van der Waals surface area contributed by atoms with Gasteiger partial charge in [-0.3, -0.25) is 0 Å². The topological polar surface area (TPSA) is 21.3 Å². The fourth-order valence-electron chi connectivity index (χ4n) is 0.886. The second-order valence-electron chi connectivity index (χ2n) is 2.50. The van der Waals surface area contributed by atoms with Crippen molar-refractivity contribution < 1.29 is 22.4 Å². The highest BCUT2D eigenvalue weighted by Gasteiger charge is 2.30. The lowest BCUT2D eigenvalue weighted by atomic mass is 10.2. The highest BCUT2D eigenvalue weighted by Crippen LogP contribution is 2.22. The molecule has 1 aromatic rings. The molecule has 0 aliphatic heterocycles. The quantitative estimate of drug-likeness (QED) is 0.610. The van der Waals surface area contributed by atoms with E-state index in [1.165, 1.54) is 17.7 Å². The van der Waals surface area contributed by atoms with Crippen molar-refractivity contribution in [3.8, 4) is 5.75 Å². The minimum absolute atomic E-state index is 0.0493. The molecule has 0 unspecified atom stereocenters. The Labute approximate surface area is 77.4 Å². The van der Waals surface area contributed by atoms with Crippen molar-refractivity contribution in [1.82, 2.24) is 5.54 Å². The maximum Gasteiger partial charge on any atom is 0.573 e. The highest BCUT2D eigenvalue weighted by molar-refractivity contribution is 5.27. The van der Waals surface area contributed by atoms with Crippen LogP contribution in [-0.4, -0.2) is 6.36 Å². The first-order valence-electron chi connectivity index (χ1n) is 3.69. The van der Waals surface area contributed by atoms with Crippen LogP contribution in [0.3, 0.4) is 0 Å². The van der Waals surface area contributed by atoms with Gasteiger partial charge in [-0.25, -0.2) is 0 Å². The van der Waals surface area contributed by atoms with Crippen LogP contribution in [0.4, 0.5) is 17.7 Å². The van der Waals surface area contributed by atoms with Crippen molar-refractivity contribution in [3.63, 3.8) is 0 Å². The molecule has 0 bridgehead atoms. The van der Waals surface area contributed by atoms with Gasteiger partial charge in [0.05, 0.1) is 6.54 Å². The summed E-state index contributed by atoms with van der Waals surface area (Å²) in [6.45, 7) is -0.0493. The number of hydrogen-bond donors (Lipinski definition) is 1. The first kappa shape index (κ1) is 10.8. The van der Waals surface area contributed by atoms with Gasteiger partial charge >= 0.3 is 6.36 Å². The fraction of sp³-hybridized carbons (Fsp3) is 0.250. The summed E-state index contributed by atoms with van der Waals surface area (Å²) >= 11 is 0. The van der Waals surface area contributed by atoms with E-state index in [1.54, 1.807) is 0 Å². The molecule has 6 heteroatoms. The number of ether oxygens (including phenoxy) is 1. The van der Waals surface area contributed by atoms with Crippen LogP contribution in [0, 0.1) is 0 Å². The summed E-state index contributed by atoms with van der Waals surface area (Å²) in [6.07, 6.45) is -4.69. The van der Waals surface area contributed by atoms with E-state index >= 15 is 0 Å². The minimum atomic E-state index is -4.69. The molecule has 1 aromatic carbocycles.